The minimum atomic E-state index is -0.0495. The molecule has 1 atom stereocenters. The number of aromatic nitrogens is 9. The number of benzene rings is 1. The molecule has 1 aliphatic rings. The Hall–Kier alpha value is -4.47. The lowest BCUT2D eigenvalue weighted by atomic mass is 10.0. The summed E-state index contributed by atoms with van der Waals surface area (Å²) in [6.07, 6.45) is 13.0. The smallest absolute Gasteiger partial charge is 0.237 e. The first-order valence-corrected chi connectivity index (χ1v) is 10.7. The molecule has 4 aromatic heterocycles. The van der Waals surface area contributed by atoms with Gasteiger partial charge in [0.2, 0.25) is 5.95 Å². The van der Waals surface area contributed by atoms with Crippen LogP contribution in [0.5, 0.6) is 0 Å². The first-order chi connectivity index (χ1) is 16.2. The number of rotatable bonds is 4. The topological polar surface area (TPSA) is 103 Å². The summed E-state index contributed by atoms with van der Waals surface area (Å²) in [7, 11) is 0. The Kier molecular flexibility index (Phi) is 4.42. The Morgan fingerprint density at radius 2 is 1.88 bits per heavy atom. The van der Waals surface area contributed by atoms with E-state index in [-0.39, 0.29) is 6.04 Å². The Labute approximate surface area is 189 Å². The second kappa shape index (κ2) is 7.59. The fourth-order valence-corrected chi connectivity index (χ4v) is 4.30. The molecule has 5 aromatic rings. The minimum Gasteiger partial charge on any atom is -0.314 e. The van der Waals surface area contributed by atoms with Crippen LogP contribution in [-0.2, 0) is 0 Å². The predicted octanol–water partition coefficient (Wildman–Crippen LogP) is 3.61. The van der Waals surface area contributed by atoms with Crippen molar-refractivity contribution in [3.8, 4) is 22.8 Å². The molecule has 6 rings (SSSR count). The van der Waals surface area contributed by atoms with Crippen LogP contribution < -0.4 is 4.90 Å². The van der Waals surface area contributed by atoms with Gasteiger partial charge in [-0.05, 0) is 31.0 Å². The van der Waals surface area contributed by atoms with Gasteiger partial charge in [-0.2, -0.15) is 4.98 Å². The van der Waals surface area contributed by atoms with Crippen molar-refractivity contribution < 1.29 is 0 Å². The highest BCUT2D eigenvalue weighted by Crippen LogP contribution is 2.44. The lowest BCUT2D eigenvalue weighted by Gasteiger charge is -2.37. The van der Waals surface area contributed by atoms with Crippen LogP contribution in [-0.4, -0.2) is 44.3 Å². The monoisotopic (exact) mass is 436 g/mol. The molecule has 0 saturated carbocycles. The molecule has 0 aliphatic carbocycles. The number of imidazole rings is 1. The third-order valence-electron chi connectivity index (χ3n) is 5.81. The van der Waals surface area contributed by atoms with Crippen LogP contribution in [0.4, 0.5) is 11.5 Å². The maximum absolute atomic E-state index is 4.97. The van der Waals surface area contributed by atoms with E-state index in [0.29, 0.717) is 5.95 Å². The van der Waals surface area contributed by atoms with Crippen molar-refractivity contribution in [3.05, 3.63) is 79.6 Å². The first kappa shape index (κ1) is 19.2. The van der Waals surface area contributed by atoms with Crippen LogP contribution in [0.3, 0.4) is 0 Å². The van der Waals surface area contributed by atoms with Gasteiger partial charge in [0.25, 0.3) is 0 Å². The van der Waals surface area contributed by atoms with Crippen molar-refractivity contribution in [1.29, 1.82) is 0 Å². The molecule has 0 saturated heterocycles. The quantitative estimate of drug-likeness (QED) is 0.421. The lowest BCUT2D eigenvalue weighted by Crippen LogP contribution is -2.33. The summed E-state index contributed by atoms with van der Waals surface area (Å²) in [5.41, 5.74) is 3.81. The number of hydrogen-bond acceptors (Lipinski definition) is 8. The van der Waals surface area contributed by atoms with Gasteiger partial charge in [0, 0.05) is 36.0 Å². The van der Waals surface area contributed by atoms with Crippen LogP contribution in [0.15, 0.2) is 67.9 Å². The van der Waals surface area contributed by atoms with Gasteiger partial charge in [-0.15, -0.1) is 10.2 Å². The molecule has 0 radical (unpaired) electrons. The van der Waals surface area contributed by atoms with Crippen LogP contribution in [0.25, 0.3) is 22.8 Å². The van der Waals surface area contributed by atoms with Crippen molar-refractivity contribution >= 4 is 11.5 Å². The average Bonchev–Trinajstić information content (AvgIpc) is 3.54. The zero-order valence-corrected chi connectivity index (χ0v) is 18.1. The maximum atomic E-state index is 4.97. The molecule has 1 aliphatic heterocycles. The molecule has 0 fully saturated rings. The molecule has 10 heteroatoms. The van der Waals surface area contributed by atoms with Gasteiger partial charge < -0.3 is 4.90 Å². The van der Waals surface area contributed by atoms with E-state index in [0.717, 1.165) is 46.4 Å². The summed E-state index contributed by atoms with van der Waals surface area (Å²) >= 11 is 0. The van der Waals surface area contributed by atoms with Gasteiger partial charge in [-0.3, -0.25) is 9.13 Å². The number of fused-ring (bicyclic) bond motifs is 3. The molecule has 1 unspecified atom stereocenters. The van der Waals surface area contributed by atoms with Crippen molar-refractivity contribution in [2.75, 3.05) is 4.90 Å². The van der Waals surface area contributed by atoms with E-state index < -0.39 is 0 Å². The van der Waals surface area contributed by atoms with E-state index in [9.17, 15) is 0 Å². The van der Waals surface area contributed by atoms with Gasteiger partial charge >= 0.3 is 0 Å². The van der Waals surface area contributed by atoms with Gasteiger partial charge in [0.15, 0.2) is 11.6 Å². The third-order valence-corrected chi connectivity index (χ3v) is 5.81. The van der Waals surface area contributed by atoms with Crippen molar-refractivity contribution in [1.82, 2.24) is 44.3 Å². The van der Waals surface area contributed by atoms with Crippen LogP contribution in [0.1, 0.15) is 31.0 Å². The zero-order chi connectivity index (χ0) is 22.4. The van der Waals surface area contributed by atoms with E-state index in [2.05, 4.69) is 60.2 Å². The van der Waals surface area contributed by atoms with E-state index in [4.69, 9.17) is 4.98 Å². The van der Waals surface area contributed by atoms with Crippen molar-refractivity contribution in [2.24, 2.45) is 0 Å². The van der Waals surface area contributed by atoms with E-state index >= 15 is 0 Å². The summed E-state index contributed by atoms with van der Waals surface area (Å²) in [6, 6.07) is 8.25. The Morgan fingerprint density at radius 1 is 1.00 bits per heavy atom. The number of hydrogen-bond donors (Lipinski definition) is 0. The number of anilines is 2. The molecule has 0 amide bonds. The third kappa shape index (κ3) is 3.06. The highest BCUT2D eigenvalue weighted by molar-refractivity contribution is 5.75. The van der Waals surface area contributed by atoms with Crippen LogP contribution in [0, 0.1) is 6.92 Å². The number of aryl methyl sites for hydroxylation is 1. The summed E-state index contributed by atoms with van der Waals surface area (Å²) in [4.78, 5) is 24.3. The first-order valence-electron chi connectivity index (χ1n) is 10.7. The fraction of sp³-hybridized carbons (Fsp3) is 0.174. The highest BCUT2D eigenvalue weighted by atomic mass is 15.4. The van der Waals surface area contributed by atoms with E-state index in [1.807, 2.05) is 42.3 Å². The van der Waals surface area contributed by atoms with Gasteiger partial charge in [-0.25, -0.2) is 19.9 Å². The summed E-state index contributed by atoms with van der Waals surface area (Å²) in [5, 5.41) is 8.88. The molecule has 0 bridgehead atoms. The summed E-state index contributed by atoms with van der Waals surface area (Å²) in [5.74, 6) is 3.01. The van der Waals surface area contributed by atoms with Crippen LogP contribution >= 0.6 is 0 Å². The van der Waals surface area contributed by atoms with Gasteiger partial charge in [-0.1, -0.05) is 19.1 Å². The molecule has 162 valence electrons. The van der Waals surface area contributed by atoms with Gasteiger partial charge in [0.1, 0.15) is 24.2 Å². The summed E-state index contributed by atoms with van der Waals surface area (Å²) < 4.78 is 3.85. The Bertz CT molecular complexity index is 1430. The standard InChI is InChI=1S/C23H20N10/c1-3-19-22-30-29-15(2)32(22)20-12-27-23(31-8-7-24-14-31)28-21(20)33(19)18-6-4-5-16(9-18)17-10-25-13-26-11-17/h4-14,19H,3H2,1-2H3. The maximum Gasteiger partial charge on any atom is 0.237 e. The fourth-order valence-electron chi connectivity index (χ4n) is 4.30. The highest BCUT2D eigenvalue weighted by Gasteiger charge is 2.36. The molecule has 0 spiro atoms. The van der Waals surface area contributed by atoms with Crippen LogP contribution in [0.2, 0.25) is 0 Å². The van der Waals surface area contributed by atoms with Crippen molar-refractivity contribution in [3.63, 3.8) is 0 Å². The molecule has 1 aromatic carbocycles. The normalized spacial score (nSPS) is 14.7. The second-order valence-corrected chi connectivity index (χ2v) is 7.76. The molecule has 33 heavy (non-hydrogen) atoms. The second-order valence-electron chi connectivity index (χ2n) is 7.76. The minimum absolute atomic E-state index is 0.0495. The SMILES string of the molecule is CCC1c2nnc(C)n2-c2cnc(-n3ccnc3)nc2N1c1cccc(-c2cncnc2)c1. The van der Waals surface area contributed by atoms with E-state index in [1.54, 1.807) is 17.1 Å². The molecule has 5 heterocycles. The largest absolute Gasteiger partial charge is 0.314 e. The van der Waals surface area contributed by atoms with Crippen molar-refractivity contribution in [2.45, 2.75) is 26.3 Å². The molecule has 10 nitrogen and oxygen atoms in total. The molecule has 0 N–H and O–H groups in total. The Balaban J connectivity index is 1.57. The summed E-state index contributed by atoms with van der Waals surface area (Å²) in [6.45, 7) is 4.09. The Morgan fingerprint density at radius 3 is 2.67 bits per heavy atom. The molecular weight excluding hydrogens is 416 g/mol. The van der Waals surface area contributed by atoms with Gasteiger partial charge in [0.05, 0.1) is 12.2 Å². The average molecular weight is 436 g/mol. The van der Waals surface area contributed by atoms with E-state index in [1.165, 1.54) is 6.33 Å². The molecular formula is C23H20N10. The zero-order valence-electron chi connectivity index (χ0n) is 18.1. The predicted molar refractivity (Wildman–Crippen MR) is 121 cm³/mol. The number of nitrogens with zero attached hydrogens (tertiary/aromatic N) is 10. The lowest BCUT2D eigenvalue weighted by molar-refractivity contribution is 0.586.